The molecule has 2 aliphatic rings. The van der Waals surface area contributed by atoms with Gasteiger partial charge in [0, 0.05) is 18.8 Å². The Morgan fingerprint density at radius 2 is 1.79 bits per heavy atom. The van der Waals surface area contributed by atoms with E-state index in [0.717, 1.165) is 30.7 Å². The summed E-state index contributed by atoms with van der Waals surface area (Å²) >= 11 is 0. The smallest absolute Gasteiger partial charge is 0.261 e. The van der Waals surface area contributed by atoms with Crippen molar-refractivity contribution >= 4 is 23.4 Å². The van der Waals surface area contributed by atoms with Crippen LogP contribution in [0.4, 0.5) is 5.69 Å². The number of hydrogen-bond donors (Lipinski definition) is 1. The molecule has 150 valence electrons. The molecule has 6 nitrogen and oxygen atoms in total. The SMILES string of the molecule is CN1C(=O)c2ccc(NC(=O)CN3CCCCC3Cc3ccccc3)cc2C1=O. The van der Waals surface area contributed by atoms with Crippen molar-refractivity contribution in [2.24, 2.45) is 0 Å². The number of piperidine rings is 1. The summed E-state index contributed by atoms with van der Waals surface area (Å²) in [5.74, 6) is -0.741. The maximum atomic E-state index is 12.7. The fraction of sp³-hybridized carbons (Fsp3) is 0.348. The van der Waals surface area contributed by atoms with E-state index in [1.165, 1.54) is 19.0 Å². The minimum absolute atomic E-state index is 0.102. The third-order valence-corrected chi connectivity index (χ3v) is 5.78. The second-order valence-electron chi connectivity index (χ2n) is 7.79. The average Bonchev–Trinajstić information content (AvgIpc) is 2.94. The van der Waals surface area contributed by atoms with E-state index in [1.54, 1.807) is 18.2 Å². The van der Waals surface area contributed by atoms with E-state index in [4.69, 9.17) is 0 Å². The van der Waals surface area contributed by atoms with Crippen LogP contribution in [0.15, 0.2) is 48.5 Å². The van der Waals surface area contributed by atoms with Gasteiger partial charge >= 0.3 is 0 Å². The Hall–Kier alpha value is -2.99. The van der Waals surface area contributed by atoms with Gasteiger partial charge in [0.1, 0.15) is 0 Å². The molecule has 1 atom stereocenters. The number of imide groups is 1. The van der Waals surface area contributed by atoms with E-state index < -0.39 is 0 Å². The minimum atomic E-state index is -0.333. The number of carbonyl (C=O) groups is 3. The van der Waals surface area contributed by atoms with E-state index in [9.17, 15) is 14.4 Å². The third kappa shape index (κ3) is 4.07. The monoisotopic (exact) mass is 391 g/mol. The van der Waals surface area contributed by atoms with Gasteiger partial charge in [0.15, 0.2) is 0 Å². The lowest BCUT2D eigenvalue weighted by Crippen LogP contribution is -2.45. The van der Waals surface area contributed by atoms with Crippen molar-refractivity contribution in [3.05, 3.63) is 65.2 Å². The highest BCUT2D eigenvalue weighted by molar-refractivity contribution is 6.21. The number of benzene rings is 2. The highest BCUT2D eigenvalue weighted by Gasteiger charge is 2.33. The number of likely N-dealkylation sites (tertiary alicyclic amines) is 1. The summed E-state index contributed by atoms with van der Waals surface area (Å²) in [6.45, 7) is 1.23. The van der Waals surface area contributed by atoms with Gasteiger partial charge in [0.25, 0.3) is 11.8 Å². The number of amides is 3. The fourth-order valence-electron chi connectivity index (χ4n) is 4.21. The van der Waals surface area contributed by atoms with E-state index in [0.29, 0.717) is 29.4 Å². The van der Waals surface area contributed by atoms with Crippen molar-refractivity contribution in [1.29, 1.82) is 0 Å². The summed E-state index contributed by atoms with van der Waals surface area (Å²) in [6, 6.07) is 15.6. The number of carbonyl (C=O) groups excluding carboxylic acids is 3. The van der Waals surface area contributed by atoms with Gasteiger partial charge in [0.2, 0.25) is 5.91 Å². The molecule has 29 heavy (non-hydrogen) atoms. The predicted octanol–water partition coefficient (Wildman–Crippen LogP) is 2.95. The first-order chi connectivity index (χ1) is 14.0. The predicted molar refractivity (Wildman–Crippen MR) is 111 cm³/mol. The van der Waals surface area contributed by atoms with Crippen LogP contribution in [0.3, 0.4) is 0 Å². The van der Waals surface area contributed by atoms with Crippen molar-refractivity contribution in [3.63, 3.8) is 0 Å². The van der Waals surface area contributed by atoms with Crippen LogP contribution in [0.2, 0.25) is 0 Å². The van der Waals surface area contributed by atoms with Crippen LogP contribution in [0, 0.1) is 0 Å². The largest absolute Gasteiger partial charge is 0.325 e. The summed E-state index contributed by atoms with van der Waals surface area (Å²) in [7, 11) is 1.46. The summed E-state index contributed by atoms with van der Waals surface area (Å²) in [5, 5.41) is 2.89. The first-order valence-corrected chi connectivity index (χ1v) is 10.1. The van der Waals surface area contributed by atoms with E-state index in [2.05, 4.69) is 22.3 Å². The van der Waals surface area contributed by atoms with Gasteiger partial charge in [-0.2, -0.15) is 0 Å². The van der Waals surface area contributed by atoms with Crippen molar-refractivity contribution in [2.45, 2.75) is 31.7 Å². The number of hydrogen-bond acceptors (Lipinski definition) is 4. The molecule has 1 saturated heterocycles. The Morgan fingerprint density at radius 3 is 2.59 bits per heavy atom. The fourth-order valence-corrected chi connectivity index (χ4v) is 4.21. The molecular formula is C23H25N3O3. The van der Waals surface area contributed by atoms with Crippen molar-refractivity contribution in [2.75, 3.05) is 25.5 Å². The molecule has 2 aromatic carbocycles. The maximum Gasteiger partial charge on any atom is 0.261 e. The highest BCUT2D eigenvalue weighted by atomic mass is 16.2. The zero-order valence-corrected chi connectivity index (χ0v) is 16.6. The Bertz CT molecular complexity index is 942. The molecule has 3 amide bonds. The summed E-state index contributed by atoms with van der Waals surface area (Å²) in [6.07, 6.45) is 4.31. The molecule has 0 bridgehead atoms. The van der Waals surface area contributed by atoms with Crippen LogP contribution >= 0.6 is 0 Å². The highest BCUT2D eigenvalue weighted by Crippen LogP contribution is 2.25. The third-order valence-electron chi connectivity index (χ3n) is 5.78. The van der Waals surface area contributed by atoms with E-state index in [-0.39, 0.29) is 17.7 Å². The van der Waals surface area contributed by atoms with Crippen LogP contribution in [-0.4, -0.2) is 53.7 Å². The van der Waals surface area contributed by atoms with Crippen LogP contribution < -0.4 is 5.32 Å². The first kappa shape index (κ1) is 19.3. The molecule has 0 radical (unpaired) electrons. The topological polar surface area (TPSA) is 69.7 Å². The van der Waals surface area contributed by atoms with Gasteiger partial charge in [-0.3, -0.25) is 24.2 Å². The van der Waals surface area contributed by atoms with Gasteiger partial charge in [-0.1, -0.05) is 36.8 Å². The van der Waals surface area contributed by atoms with Gasteiger partial charge in [0.05, 0.1) is 17.7 Å². The first-order valence-electron chi connectivity index (χ1n) is 10.1. The van der Waals surface area contributed by atoms with Crippen molar-refractivity contribution in [3.8, 4) is 0 Å². The van der Waals surface area contributed by atoms with Crippen LogP contribution in [0.5, 0.6) is 0 Å². The van der Waals surface area contributed by atoms with Gasteiger partial charge in [-0.05, 0) is 49.6 Å². The zero-order valence-electron chi connectivity index (χ0n) is 16.6. The van der Waals surface area contributed by atoms with E-state index >= 15 is 0 Å². The lowest BCUT2D eigenvalue weighted by atomic mass is 9.95. The quantitative estimate of drug-likeness (QED) is 0.796. The zero-order chi connectivity index (χ0) is 20.4. The molecule has 0 spiro atoms. The second-order valence-corrected chi connectivity index (χ2v) is 7.79. The standard InChI is InChI=1S/C23H25N3O3/c1-25-22(28)19-11-10-17(14-20(19)23(25)29)24-21(27)15-26-12-6-5-9-18(26)13-16-7-3-2-4-8-16/h2-4,7-8,10-11,14,18H,5-6,9,12-13,15H2,1H3,(H,24,27). The summed E-state index contributed by atoms with van der Waals surface area (Å²) < 4.78 is 0. The summed E-state index contributed by atoms with van der Waals surface area (Å²) in [5.41, 5.74) is 2.56. The molecule has 2 heterocycles. The van der Waals surface area contributed by atoms with Crippen LogP contribution in [0.1, 0.15) is 45.5 Å². The number of anilines is 1. The number of nitrogens with one attached hydrogen (secondary N) is 1. The Morgan fingerprint density at radius 1 is 1.03 bits per heavy atom. The molecule has 1 unspecified atom stereocenters. The molecule has 0 saturated carbocycles. The average molecular weight is 391 g/mol. The Kier molecular flexibility index (Phi) is 5.45. The molecule has 2 aromatic rings. The van der Waals surface area contributed by atoms with Gasteiger partial charge < -0.3 is 5.32 Å². The number of nitrogens with zero attached hydrogens (tertiary/aromatic N) is 2. The second kappa shape index (κ2) is 8.17. The summed E-state index contributed by atoms with van der Waals surface area (Å²) in [4.78, 5) is 40.2. The van der Waals surface area contributed by atoms with Gasteiger partial charge in [-0.25, -0.2) is 0 Å². The molecule has 0 aromatic heterocycles. The molecule has 4 rings (SSSR count). The number of rotatable bonds is 5. The van der Waals surface area contributed by atoms with Gasteiger partial charge in [-0.15, -0.1) is 0 Å². The molecule has 0 aliphatic carbocycles. The molecule has 1 fully saturated rings. The number of fused-ring (bicyclic) bond motifs is 1. The normalized spacial score (nSPS) is 19.3. The Balaban J connectivity index is 1.41. The van der Waals surface area contributed by atoms with E-state index in [1.807, 2.05) is 18.2 Å². The Labute approximate surface area is 170 Å². The van der Waals surface area contributed by atoms with Crippen molar-refractivity contribution < 1.29 is 14.4 Å². The maximum absolute atomic E-state index is 12.7. The molecular weight excluding hydrogens is 366 g/mol. The van der Waals surface area contributed by atoms with Crippen LogP contribution in [0.25, 0.3) is 0 Å². The van der Waals surface area contributed by atoms with Crippen molar-refractivity contribution in [1.82, 2.24) is 9.80 Å². The lowest BCUT2D eigenvalue weighted by Gasteiger charge is -2.35. The molecule has 1 N–H and O–H groups in total. The lowest BCUT2D eigenvalue weighted by molar-refractivity contribution is -0.118. The molecule has 6 heteroatoms. The minimum Gasteiger partial charge on any atom is -0.325 e. The van der Waals surface area contributed by atoms with Crippen LogP contribution in [-0.2, 0) is 11.2 Å². The molecule has 2 aliphatic heterocycles.